The Hall–Kier alpha value is -0.830. The summed E-state index contributed by atoms with van der Waals surface area (Å²) in [5.74, 6) is -0.402. The Bertz CT molecular complexity index is 134. The van der Waals surface area contributed by atoms with E-state index < -0.39 is 5.91 Å². The molecule has 0 heterocycles. The van der Waals surface area contributed by atoms with Crippen molar-refractivity contribution >= 4 is 5.91 Å². The van der Waals surface area contributed by atoms with Crippen LogP contribution in [-0.2, 0) is 9.53 Å². The number of hydrogen-bond donors (Lipinski definition) is 1. The van der Waals surface area contributed by atoms with Gasteiger partial charge in [-0.25, -0.2) is 0 Å². The van der Waals surface area contributed by atoms with Crippen molar-refractivity contribution in [2.24, 2.45) is 5.73 Å². The Morgan fingerprint density at radius 1 is 1.42 bits per heavy atom. The number of hydrogen-bond acceptors (Lipinski definition) is 2. The van der Waals surface area contributed by atoms with E-state index in [2.05, 4.69) is 6.58 Å². The van der Waals surface area contributed by atoms with E-state index in [-0.39, 0.29) is 6.61 Å². The van der Waals surface area contributed by atoms with Crippen LogP contribution in [0.5, 0.6) is 0 Å². The normalized spacial score (nSPS) is 9.67. The predicted octanol–water partition coefficient (Wildman–Crippen LogP) is 1.23. The van der Waals surface area contributed by atoms with Gasteiger partial charge in [0, 0.05) is 6.61 Å². The van der Waals surface area contributed by atoms with Gasteiger partial charge >= 0.3 is 0 Å². The summed E-state index contributed by atoms with van der Waals surface area (Å²) in [6.45, 7) is 4.29. The first kappa shape index (κ1) is 11.2. The van der Waals surface area contributed by atoms with Crippen LogP contribution in [0.15, 0.2) is 12.7 Å². The van der Waals surface area contributed by atoms with Gasteiger partial charge in [0.2, 0.25) is 5.91 Å². The van der Waals surface area contributed by atoms with Crippen LogP contribution in [0, 0.1) is 0 Å². The van der Waals surface area contributed by atoms with Crippen LogP contribution < -0.4 is 5.73 Å². The molecule has 0 unspecified atom stereocenters. The largest absolute Gasteiger partial charge is 0.372 e. The third-order valence-electron chi connectivity index (χ3n) is 1.44. The molecular formula is C9H17NO2. The number of carbonyl (C=O) groups is 1. The maximum absolute atomic E-state index is 10.2. The average molecular weight is 171 g/mol. The standard InChI is InChI=1S/C9H17NO2/c1-2-3-4-5-6-7-12-8-9(10)11/h2H,1,3-8H2,(H2,10,11). The van der Waals surface area contributed by atoms with Crippen LogP contribution in [0.3, 0.4) is 0 Å². The van der Waals surface area contributed by atoms with Gasteiger partial charge in [0.25, 0.3) is 0 Å². The highest BCUT2D eigenvalue weighted by atomic mass is 16.5. The highest BCUT2D eigenvalue weighted by Crippen LogP contribution is 1.99. The zero-order chi connectivity index (χ0) is 9.23. The van der Waals surface area contributed by atoms with E-state index in [0.717, 1.165) is 25.7 Å². The van der Waals surface area contributed by atoms with Gasteiger partial charge < -0.3 is 10.5 Å². The molecule has 0 saturated carbocycles. The van der Waals surface area contributed by atoms with Crippen LogP contribution >= 0.6 is 0 Å². The van der Waals surface area contributed by atoms with E-state index >= 15 is 0 Å². The lowest BCUT2D eigenvalue weighted by Gasteiger charge is -2.00. The molecule has 0 radical (unpaired) electrons. The zero-order valence-corrected chi connectivity index (χ0v) is 7.42. The molecule has 1 amide bonds. The lowest BCUT2D eigenvalue weighted by Crippen LogP contribution is -2.18. The average Bonchev–Trinajstić information content (AvgIpc) is 2.02. The van der Waals surface area contributed by atoms with Crippen molar-refractivity contribution in [2.75, 3.05) is 13.2 Å². The van der Waals surface area contributed by atoms with Gasteiger partial charge in [-0.3, -0.25) is 4.79 Å². The maximum Gasteiger partial charge on any atom is 0.243 e. The molecule has 0 aromatic heterocycles. The smallest absolute Gasteiger partial charge is 0.243 e. The second kappa shape index (κ2) is 8.27. The summed E-state index contributed by atoms with van der Waals surface area (Å²) < 4.78 is 4.97. The van der Waals surface area contributed by atoms with E-state index in [1.165, 1.54) is 0 Å². The Kier molecular flexibility index (Phi) is 7.70. The minimum Gasteiger partial charge on any atom is -0.372 e. The quantitative estimate of drug-likeness (QED) is 0.441. The van der Waals surface area contributed by atoms with Crippen molar-refractivity contribution in [3.8, 4) is 0 Å². The summed E-state index contributed by atoms with van der Waals surface area (Å²) in [6.07, 6.45) is 6.20. The van der Waals surface area contributed by atoms with Crippen LogP contribution in [0.25, 0.3) is 0 Å². The molecule has 0 rings (SSSR count). The molecule has 3 heteroatoms. The van der Waals surface area contributed by atoms with Crippen molar-refractivity contribution in [1.82, 2.24) is 0 Å². The Morgan fingerprint density at radius 3 is 2.75 bits per heavy atom. The third-order valence-corrected chi connectivity index (χ3v) is 1.44. The Morgan fingerprint density at radius 2 is 2.17 bits per heavy atom. The molecule has 0 spiro atoms. The minimum absolute atomic E-state index is 0.0431. The molecule has 0 atom stereocenters. The zero-order valence-electron chi connectivity index (χ0n) is 7.42. The van der Waals surface area contributed by atoms with Gasteiger partial charge in [0.15, 0.2) is 0 Å². The fourth-order valence-electron chi connectivity index (χ4n) is 0.842. The lowest BCUT2D eigenvalue weighted by atomic mass is 10.2. The fourth-order valence-corrected chi connectivity index (χ4v) is 0.842. The Labute approximate surface area is 73.6 Å². The molecule has 0 aromatic rings. The monoisotopic (exact) mass is 171 g/mol. The van der Waals surface area contributed by atoms with E-state index in [1.807, 2.05) is 6.08 Å². The van der Waals surface area contributed by atoms with Gasteiger partial charge in [0.05, 0.1) is 0 Å². The lowest BCUT2D eigenvalue weighted by molar-refractivity contribution is -0.122. The number of rotatable bonds is 8. The number of unbranched alkanes of at least 4 members (excludes halogenated alkanes) is 3. The van der Waals surface area contributed by atoms with Gasteiger partial charge in [-0.2, -0.15) is 0 Å². The summed E-state index contributed by atoms with van der Waals surface area (Å²) >= 11 is 0. The molecular weight excluding hydrogens is 154 g/mol. The molecule has 3 nitrogen and oxygen atoms in total. The number of ether oxygens (including phenoxy) is 1. The van der Waals surface area contributed by atoms with E-state index in [1.54, 1.807) is 0 Å². The highest BCUT2D eigenvalue weighted by Gasteiger charge is 1.93. The van der Waals surface area contributed by atoms with Crippen molar-refractivity contribution in [1.29, 1.82) is 0 Å². The summed E-state index contributed by atoms with van der Waals surface area (Å²) in [5.41, 5.74) is 4.88. The van der Waals surface area contributed by atoms with Gasteiger partial charge in [-0.1, -0.05) is 12.5 Å². The Balaban J connectivity index is 2.90. The SMILES string of the molecule is C=CCCCCCOCC(N)=O. The van der Waals surface area contributed by atoms with Crippen molar-refractivity contribution in [3.05, 3.63) is 12.7 Å². The fraction of sp³-hybridized carbons (Fsp3) is 0.667. The number of amides is 1. The second-order valence-electron chi connectivity index (χ2n) is 2.66. The van der Waals surface area contributed by atoms with Gasteiger partial charge in [-0.15, -0.1) is 6.58 Å². The van der Waals surface area contributed by atoms with Crippen molar-refractivity contribution in [2.45, 2.75) is 25.7 Å². The molecule has 2 N–H and O–H groups in total. The third kappa shape index (κ3) is 9.17. The summed E-state index contributed by atoms with van der Waals surface area (Å²) in [5, 5.41) is 0. The number of allylic oxidation sites excluding steroid dienone is 1. The van der Waals surface area contributed by atoms with E-state index in [0.29, 0.717) is 6.61 Å². The molecule has 70 valence electrons. The second-order valence-corrected chi connectivity index (χ2v) is 2.66. The van der Waals surface area contributed by atoms with Gasteiger partial charge in [-0.05, 0) is 19.3 Å². The highest BCUT2D eigenvalue weighted by molar-refractivity contribution is 5.74. The van der Waals surface area contributed by atoms with E-state index in [9.17, 15) is 4.79 Å². The first-order chi connectivity index (χ1) is 5.77. The van der Waals surface area contributed by atoms with E-state index in [4.69, 9.17) is 10.5 Å². The summed E-state index contributed by atoms with van der Waals surface area (Å²) in [4.78, 5) is 10.2. The first-order valence-electron chi connectivity index (χ1n) is 4.24. The number of nitrogens with two attached hydrogens (primary N) is 1. The number of carbonyl (C=O) groups excluding carboxylic acids is 1. The topological polar surface area (TPSA) is 52.3 Å². The van der Waals surface area contributed by atoms with Crippen LogP contribution in [0.4, 0.5) is 0 Å². The predicted molar refractivity (Wildman–Crippen MR) is 48.7 cm³/mol. The molecule has 0 aromatic carbocycles. The minimum atomic E-state index is -0.402. The molecule has 0 saturated heterocycles. The van der Waals surface area contributed by atoms with Crippen molar-refractivity contribution < 1.29 is 9.53 Å². The van der Waals surface area contributed by atoms with Crippen LogP contribution in [0.2, 0.25) is 0 Å². The molecule has 0 aliphatic rings. The molecule has 12 heavy (non-hydrogen) atoms. The molecule has 0 aliphatic heterocycles. The maximum atomic E-state index is 10.2. The first-order valence-corrected chi connectivity index (χ1v) is 4.24. The van der Waals surface area contributed by atoms with Crippen LogP contribution in [0.1, 0.15) is 25.7 Å². The molecule has 0 aliphatic carbocycles. The summed E-state index contributed by atoms with van der Waals surface area (Å²) in [7, 11) is 0. The van der Waals surface area contributed by atoms with Crippen LogP contribution in [-0.4, -0.2) is 19.1 Å². The van der Waals surface area contributed by atoms with Gasteiger partial charge in [0.1, 0.15) is 6.61 Å². The molecule has 0 fully saturated rings. The van der Waals surface area contributed by atoms with Crippen molar-refractivity contribution in [3.63, 3.8) is 0 Å². The summed E-state index contributed by atoms with van der Waals surface area (Å²) in [6, 6.07) is 0. The molecule has 0 bridgehead atoms. The number of primary amides is 1.